The van der Waals surface area contributed by atoms with E-state index in [2.05, 4.69) is 50.7 Å². The molecule has 0 bridgehead atoms. The second-order valence-electron chi connectivity index (χ2n) is 4.21. The van der Waals surface area contributed by atoms with E-state index >= 15 is 0 Å². The largest absolute Gasteiger partial charge is 0.357 e. The smallest absolute Gasteiger partial charge is 0.184 e. The zero-order chi connectivity index (χ0) is 13.2. The monoisotopic (exact) mass is 352 g/mol. The fourth-order valence-corrected chi connectivity index (χ4v) is 4.30. The van der Waals surface area contributed by atoms with Crippen LogP contribution in [0, 0.1) is 0 Å². The Morgan fingerprint density at radius 3 is 3.05 bits per heavy atom. The van der Waals surface area contributed by atoms with Crippen molar-refractivity contribution in [3.63, 3.8) is 0 Å². The molecule has 0 aliphatic carbocycles. The highest BCUT2D eigenvalue weighted by Crippen LogP contribution is 2.29. The van der Waals surface area contributed by atoms with Crippen LogP contribution >= 0.6 is 38.6 Å². The predicted octanol–water partition coefficient (Wildman–Crippen LogP) is 5.29. The van der Waals surface area contributed by atoms with Gasteiger partial charge < -0.3 is 5.32 Å². The van der Waals surface area contributed by atoms with Crippen molar-refractivity contribution >= 4 is 54.0 Å². The van der Waals surface area contributed by atoms with Crippen LogP contribution in [0.15, 0.2) is 34.1 Å². The molecule has 0 saturated carbocycles. The van der Waals surface area contributed by atoms with Crippen LogP contribution in [0.1, 0.15) is 17.4 Å². The van der Waals surface area contributed by atoms with E-state index in [9.17, 15) is 0 Å². The van der Waals surface area contributed by atoms with Crippen LogP contribution in [0.25, 0.3) is 10.2 Å². The molecule has 0 amide bonds. The molecule has 0 saturated heterocycles. The molecule has 0 aliphatic heterocycles. The number of hydrogen-bond donors (Lipinski definition) is 1. The molecular weight excluding hydrogens is 340 g/mol. The SMILES string of the molecule is CCc1ccsc1CNc1nc2ccc(Br)cc2s1. The van der Waals surface area contributed by atoms with E-state index in [1.807, 2.05) is 23.5 Å². The summed E-state index contributed by atoms with van der Waals surface area (Å²) in [7, 11) is 0. The molecule has 2 aromatic heterocycles. The van der Waals surface area contributed by atoms with Crippen molar-refractivity contribution in [1.29, 1.82) is 0 Å². The van der Waals surface area contributed by atoms with Gasteiger partial charge in [0.05, 0.1) is 16.8 Å². The van der Waals surface area contributed by atoms with Crippen molar-refractivity contribution in [2.24, 2.45) is 0 Å². The summed E-state index contributed by atoms with van der Waals surface area (Å²) in [6.45, 7) is 3.06. The van der Waals surface area contributed by atoms with Gasteiger partial charge in [-0.3, -0.25) is 0 Å². The predicted molar refractivity (Wildman–Crippen MR) is 88.3 cm³/mol. The van der Waals surface area contributed by atoms with Crippen molar-refractivity contribution in [3.8, 4) is 0 Å². The summed E-state index contributed by atoms with van der Waals surface area (Å²) in [5.74, 6) is 0. The lowest BCUT2D eigenvalue weighted by molar-refractivity contribution is 1.08. The Labute approximate surface area is 128 Å². The van der Waals surface area contributed by atoms with Crippen LogP contribution in [0.5, 0.6) is 0 Å². The fraction of sp³-hybridized carbons (Fsp3) is 0.214. The number of thiophene rings is 1. The van der Waals surface area contributed by atoms with Gasteiger partial charge in [0, 0.05) is 9.35 Å². The molecule has 0 fully saturated rings. The maximum atomic E-state index is 4.60. The Hall–Kier alpha value is -0.910. The maximum Gasteiger partial charge on any atom is 0.184 e. The fourth-order valence-electron chi connectivity index (χ4n) is 1.97. The molecule has 0 aliphatic rings. The minimum atomic E-state index is 0.863. The van der Waals surface area contributed by atoms with Crippen LogP contribution in [-0.4, -0.2) is 4.98 Å². The van der Waals surface area contributed by atoms with Crippen LogP contribution in [0.2, 0.25) is 0 Å². The Kier molecular flexibility index (Phi) is 3.86. The number of aryl methyl sites for hydroxylation is 1. The van der Waals surface area contributed by atoms with Crippen LogP contribution in [0.3, 0.4) is 0 Å². The number of anilines is 1. The molecule has 3 rings (SSSR count). The summed E-state index contributed by atoms with van der Waals surface area (Å²) in [5, 5.41) is 6.58. The minimum Gasteiger partial charge on any atom is -0.357 e. The first-order valence-electron chi connectivity index (χ1n) is 6.11. The van der Waals surface area contributed by atoms with Crippen molar-refractivity contribution in [1.82, 2.24) is 4.98 Å². The second kappa shape index (κ2) is 5.61. The zero-order valence-electron chi connectivity index (χ0n) is 10.4. The van der Waals surface area contributed by atoms with Crippen LogP contribution < -0.4 is 5.32 Å². The number of benzene rings is 1. The third-order valence-electron chi connectivity index (χ3n) is 2.97. The molecule has 3 aromatic rings. The van der Waals surface area contributed by atoms with Crippen LogP contribution in [-0.2, 0) is 13.0 Å². The van der Waals surface area contributed by atoms with Gasteiger partial charge in [0.15, 0.2) is 5.13 Å². The molecule has 19 heavy (non-hydrogen) atoms. The summed E-state index contributed by atoms with van der Waals surface area (Å²) in [5.41, 5.74) is 2.49. The van der Waals surface area contributed by atoms with Gasteiger partial charge in [-0.05, 0) is 41.6 Å². The molecule has 5 heteroatoms. The van der Waals surface area contributed by atoms with Gasteiger partial charge in [-0.1, -0.05) is 34.2 Å². The van der Waals surface area contributed by atoms with Crippen molar-refractivity contribution < 1.29 is 0 Å². The number of hydrogen-bond acceptors (Lipinski definition) is 4. The van der Waals surface area contributed by atoms with E-state index in [-0.39, 0.29) is 0 Å². The van der Waals surface area contributed by atoms with E-state index in [0.717, 1.165) is 28.1 Å². The topological polar surface area (TPSA) is 24.9 Å². The number of nitrogens with zero attached hydrogens (tertiary/aromatic N) is 1. The average Bonchev–Trinajstić information content (AvgIpc) is 3.01. The van der Waals surface area contributed by atoms with Gasteiger partial charge >= 0.3 is 0 Å². The molecule has 1 aromatic carbocycles. The summed E-state index contributed by atoms with van der Waals surface area (Å²) in [4.78, 5) is 6.01. The van der Waals surface area contributed by atoms with Gasteiger partial charge in [-0.25, -0.2) is 4.98 Å². The Balaban J connectivity index is 1.78. The van der Waals surface area contributed by atoms with E-state index in [1.54, 1.807) is 11.3 Å². The number of rotatable bonds is 4. The highest BCUT2D eigenvalue weighted by atomic mass is 79.9. The minimum absolute atomic E-state index is 0.863. The first-order chi connectivity index (χ1) is 9.26. The molecular formula is C14H13BrN2S2. The molecule has 2 heterocycles. The van der Waals surface area contributed by atoms with Crippen molar-refractivity contribution in [2.75, 3.05) is 5.32 Å². The Morgan fingerprint density at radius 2 is 2.21 bits per heavy atom. The van der Waals surface area contributed by atoms with E-state index in [1.165, 1.54) is 15.1 Å². The van der Waals surface area contributed by atoms with Crippen molar-refractivity contribution in [3.05, 3.63) is 44.6 Å². The molecule has 0 radical (unpaired) electrons. The van der Waals surface area contributed by atoms with E-state index in [4.69, 9.17) is 0 Å². The molecule has 0 unspecified atom stereocenters. The molecule has 0 spiro atoms. The molecule has 98 valence electrons. The van der Waals surface area contributed by atoms with Gasteiger partial charge in [0.2, 0.25) is 0 Å². The Bertz CT molecular complexity index is 702. The lowest BCUT2D eigenvalue weighted by Gasteiger charge is -2.02. The summed E-state index contributed by atoms with van der Waals surface area (Å²) >= 11 is 7.00. The standard InChI is InChI=1S/C14H13BrN2S2/c1-2-9-5-6-18-13(9)8-16-14-17-11-4-3-10(15)7-12(11)19-14/h3-7H,2,8H2,1H3,(H,16,17). The third kappa shape index (κ3) is 2.83. The Morgan fingerprint density at radius 1 is 1.32 bits per heavy atom. The maximum absolute atomic E-state index is 4.60. The highest BCUT2D eigenvalue weighted by Gasteiger charge is 2.06. The number of nitrogens with one attached hydrogen (secondary N) is 1. The lowest BCUT2D eigenvalue weighted by Crippen LogP contribution is -1.98. The quantitative estimate of drug-likeness (QED) is 0.689. The number of halogens is 1. The van der Waals surface area contributed by atoms with E-state index in [0.29, 0.717) is 0 Å². The van der Waals surface area contributed by atoms with E-state index < -0.39 is 0 Å². The lowest BCUT2D eigenvalue weighted by atomic mass is 10.2. The number of thiazole rings is 1. The molecule has 2 nitrogen and oxygen atoms in total. The summed E-state index contributed by atoms with van der Waals surface area (Å²) in [6.07, 6.45) is 1.09. The first-order valence-corrected chi connectivity index (χ1v) is 8.60. The van der Waals surface area contributed by atoms with Gasteiger partial charge in [0.1, 0.15) is 0 Å². The first kappa shape index (κ1) is 13.1. The summed E-state index contributed by atoms with van der Waals surface area (Å²) in [6, 6.07) is 8.39. The van der Waals surface area contributed by atoms with Crippen molar-refractivity contribution in [2.45, 2.75) is 19.9 Å². The summed E-state index contributed by atoms with van der Waals surface area (Å²) < 4.78 is 2.31. The van der Waals surface area contributed by atoms with Gasteiger partial charge in [-0.2, -0.15) is 0 Å². The number of aromatic nitrogens is 1. The van der Waals surface area contributed by atoms with Crippen LogP contribution in [0.4, 0.5) is 5.13 Å². The van der Waals surface area contributed by atoms with Gasteiger partial charge in [0.25, 0.3) is 0 Å². The van der Waals surface area contributed by atoms with Gasteiger partial charge in [-0.15, -0.1) is 11.3 Å². The highest BCUT2D eigenvalue weighted by molar-refractivity contribution is 9.10. The molecule has 0 atom stereocenters. The normalized spacial score (nSPS) is 11.1. The molecule has 1 N–H and O–H groups in total. The zero-order valence-corrected chi connectivity index (χ0v) is 13.7. The average molecular weight is 353 g/mol. The third-order valence-corrected chi connectivity index (χ3v) is 5.40. The number of fused-ring (bicyclic) bond motifs is 1. The second-order valence-corrected chi connectivity index (χ2v) is 7.15.